The molecule has 206 valence electrons. The van der Waals surface area contributed by atoms with Gasteiger partial charge in [-0.2, -0.15) is 0 Å². The average Bonchev–Trinajstić information content (AvgIpc) is 3.37. The number of rotatable bonds is 11. The monoisotopic (exact) mass is 578 g/mol. The minimum atomic E-state index is -2.29. The van der Waals surface area contributed by atoms with Crippen molar-refractivity contribution in [3.05, 3.63) is 51.0 Å². The number of aromatic nitrogens is 1. The highest BCUT2D eigenvalue weighted by Crippen LogP contribution is 2.44. The van der Waals surface area contributed by atoms with Crippen LogP contribution in [0.1, 0.15) is 18.2 Å². The molecular weight excluding hydrogens is 556 g/mol. The summed E-state index contributed by atoms with van der Waals surface area (Å²) >= 11 is 2.05. The van der Waals surface area contributed by atoms with Crippen LogP contribution in [0.3, 0.4) is 0 Å². The van der Waals surface area contributed by atoms with Crippen molar-refractivity contribution in [2.75, 3.05) is 18.5 Å². The van der Waals surface area contributed by atoms with Crippen molar-refractivity contribution in [2.24, 2.45) is 5.16 Å². The Morgan fingerprint density at radius 3 is 2.72 bits per heavy atom. The summed E-state index contributed by atoms with van der Waals surface area (Å²) < 4.78 is 0. The number of hydrogen-bond donors (Lipinski definition) is 4. The number of carbonyl (C=O) groups excluding carboxylic acids is 3. The first-order valence-electron chi connectivity index (χ1n) is 11.4. The summed E-state index contributed by atoms with van der Waals surface area (Å²) in [5.74, 6) is -2.89. The van der Waals surface area contributed by atoms with Crippen LogP contribution in [0.4, 0.5) is 10.8 Å². The standard InChI is InChI=1S/C22H22N6O9S2/c1-2-37-26-15(13-8-38-21(24-13)23-10-29)17(30)25-16-18(31)27-9-22(34,20(32)33)14(39-19(16)27)7-11-3-5-12(6-4-11)28(35)36/h3-6,8,10,14,16,19,34H,2,7,9H2,1H3,(H,25,30)(H,32,33)(H,23,24,29)/t14?,16?,19-,22?/m1/s1. The summed E-state index contributed by atoms with van der Waals surface area (Å²) in [6.07, 6.45) is 0.461. The van der Waals surface area contributed by atoms with Gasteiger partial charge >= 0.3 is 5.97 Å². The molecule has 2 aromatic rings. The first-order valence-corrected chi connectivity index (χ1v) is 13.2. The van der Waals surface area contributed by atoms with Gasteiger partial charge < -0.3 is 30.6 Å². The van der Waals surface area contributed by atoms with E-state index >= 15 is 0 Å². The number of amides is 3. The van der Waals surface area contributed by atoms with Gasteiger partial charge in [0.15, 0.2) is 16.4 Å². The maximum Gasteiger partial charge on any atom is 0.338 e. The van der Waals surface area contributed by atoms with Crippen LogP contribution in [0.5, 0.6) is 0 Å². The number of nitro groups is 1. The van der Waals surface area contributed by atoms with Crippen LogP contribution in [0, 0.1) is 10.1 Å². The molecule has 39 heavy (non-hydrogen) atoms. The van der Waals surface area contributed by atoms with E-state index in [0.29, 0.717) is 12.0 Å². The third-order valence-electron chi connectivity index (χ3n) is 6.04. The van der Waals surface area contributed by atoms with E-state index in [1.54, 1.807) is 6.92 Å². The summed E-state index contributed by atoms with van der Waals surface area (Å²) in [7, 11) is 0. The third-order valence-corrected chi connectivity index (χ3v) is 8.51. The van der Waals surface area contributed by atoms with Crippen LogP contribution in [0.25, 0.3) is 0 Å². The highest BCUT2D eigenvalue weighted by Gasteiger charge is 2.61. The summed E-state index contributed by atoms with van der Waals surface area (Å²) in [6.45, 7) is 1.29. The van der Waals surface area contributed by atoms with Gasteiger partial charge in [0.1, 0.15) is 23.7 Å². The second-order valence-corrected chi connectivity index (χ2v) is 10.6. The maximum absolute atomic E-state index is 13.1. The molecule has 3 amide bonds. The number of carboxylic acid groups (broad SMARTS) is 1. The first-order chi connectivity index (χ1) is 18.6. The maximum atomic E-state index is 13.1. The van der Waals surface area contributed by atoms with Crippen LogP contribution in [-0.2, 0) is 30.4 Å². The fraction of sp³-hybridized carbons (Fsp3) is 0.364. The number of non-ortho nitro benzene ring substituents is 1. The van der Waals surface area contributed by atoms with Crippen LogP contribution < -0.4 is 10.6 Å². The van der Waals surface area contributed by atoms with Gasteiger partial charge in [-0.15, -0.1) is 23.1 Å². The number of carbonyl (C=O) groups is 4. The number of nitrogens with one attached hydrogen (secondary N) is 2. The topological polar surface area (TPSA) is 214 Å². The number of β-lactam (4-membered cyclic amide) rings is 1. The molecular formula is C22H22N6O9S2. The molecule has 4 atom stereocenters. The number of oxime groups is 1. The van der Waals surface area contributed by atoms with Crippen molar-refractivity contribution in [3.8, 4) is 0 Å². The van der Waals surface area contributed by atoms with Crippen LogP contribution in [-0.4, -0.2) is 90.3 Å². The van der Waals surface area contributed by atoms with E-state index in [2.05, 4.69) is 20.8 Å². The molecule has 4 N–H and O–H groups in total. The number of nitro benzene ring substituents is 1. The molecule has 1 aromatic carbocycles. The lowest BCUT2D eigenvalue weighted by atomic mass is 9.90. The molecule has 17 heteroatoms. The fourth-order valence-electron chi connectivity index (χ4n) is 4.05. The van der Waals surface area contributed by atoms with Crippen LogP contribution in [0.2, 0.25) is 0 Å². The molecule has 0 radical (unpaired) electrons. The van der Waals surface area contributed by atoms with E-state index in [1.165, 1.54) is 34.5 Å². The third kappa shape index (κ3) is 5.55. The van der Waals surface area contributed by atoms with Crippen molar-refractivity contribution >= 4 is 63.8 Å². The van der Waals surface area contributed by atoms with Gasteiger partial charge in [0.2, 0.25) is 12.3 Å². The summed E-state index contributed by atoms with van der Waals surface area (Å²) in [5.41, 5.74) is -2.01. The number of benzene rings is 1. The van der Waals surface area contributed by atoms with Crippen molar-refractivity contribution < 1.29 is 39.2 Å². The lowest BCUT2D eigenvalue weighted by molar-refractivity contribution is -0.384. The number of aliphatic hydroxyl groups is 1. The zero-order chi connectivity index (χ0) is 28.3. The Bertz CT molecular complexity index is 1330. The smallest absolute Gasteiger partial charge is 0.338 e. The van der Waals surface area contributed by atoms with Gasteiger partial charge in [-0.1, -0.05) is 17.3 Å². The van der Waals surface area contributed by atoms with Crippen molar-refractivity contribution in [3.63, 3.8) is 0 Å². The first kappa shape index (κ1) is 27.9. The Hall–Kier alpha value is -4.09. The zero-order valence-corrected chi connectivity index (χ0v) is 21.8. The molecule has 2 aliphatic rings. The van der Waals surface area contributed by atoms with E-state index in [1.807, 2.05) is 0 Å². The Morgan fingerprint density at radius 1 is 1.38 bits per heavy atom. The lowest BCUT2D eigenvalue weighted by Crippen LogP contribution is -2.77. The van der Waals surface area contributed by atoms with E-state index in [4.69, 9.17) is 4.84 Å². The molecule has 0 saturated carbocycles. The number of aliphatic carboxylic acids is 1. The Balaban J connectivity index is 1.53. The average molecular weight is 579 g/mol. The number of nitrogens with zero attached hydrogens (tertiary/aromatic N) is 4. The number of hydrogen-bond acceptors (Lipinski definition) is 12. The van der Waals surface area contributed by atoms with Gasteiger partial charge in [-0.25, -0.2) is 9.78 Å². The molecule has 4 rings (SSSR count). The van der Waals surface area contributed by atoms with Crippen LogP contribution >= 0.6 is 23.1 Å². The molecule has 3 unspecified atom stereocenters. The molecule has 2 fully saturated rings. The molecule has 1 aromatic heterocycles. The zero-order valence-electron chi connectivity index (χ0n) is 20.2. The predicted molar refractivity (Wildman–Crippen MR) is 138 cm³/mol. The van der Waals surface area contributed by atoms with Gasteiger partial charge in [-0.3, -0.25) is 24.5 Å². The number of carboxylic acids is 1. The Labute approximate surface area is 228 Å². The minimum absolute atomic E-state index is 0.0348. The molecule has 15 nitrogen and oxygen atoms in total. The predicted octanol–water partition coefficient (Wildman–Crippen LogP) is 0.187. The van der Waals surface area contributed by atoms with E-state index < -0.39 is 51.5 Å². The van der Waals surface area contributed by atoms with Crippen LogP contribution in [0.15, 0.2) is 34.8 Å². The number of thioether (sulfide) groups is 1. The van der Waals surface area contributed by atoms with E-state index in [9.17, 15) is 39.5 Å². The number of fused-ring (bicyclic) bond motifs is 1. The summed E-state index contributed by atoms with van der Waals surface area (Å²) in [5, 5.41) is 40.5. The summed E-state index contributed by atoms with van der Waals surface area (Å²) in [4.78, 5) is 69.4. The second-order valence-electron chi connectivity index (χ2n) is 8.45. The van der Waals surface area contributed by atoms with Gasteiger partial charge in [-0.05, 0) is 18.9 Å². The number of anilines is 1. The molecule has 0 aliphatic carbocycles. The minimum Gasteiger partial charge on any atom is -0.479 e. The SMILES string of the molecule is CCON=C(C(=O)NC1C(=O)N2CC(O)(C(=O)O)C(Cc3ccc([N+](=O)[O-])cc3)S[C@H]12)c1csc(NC=O)n1. The Morgan fingerprint density at radius 2 is 2.10 bits per heavy atom. The second kappa shape index (κ2) is 11.3. The lowest BCUT2D eigenvalue weighted by Gasteiger charge is -2.55. The highest BCUT2D eigenvalue weighted by molar-refractivity contribution is 8.00. The molecule has 0 bridgehead atoms. The van der Waals surface area contributed by atoms with Crippen molar-refractivity contribution in [1.82, 2.24) is 15.2 Å². The Kier molecular flexibility index (Phi) is 8.12. The van der Waals surface area contributed by atoms with Crippen molar-refractivity contribution in [1.29, 1.82) is 0 Å². The normalized spacial score (nSPS) is 24.3. The molecule has 2 saturated heterocycles. The molecule has 2 aliphatic heterocycles. The van der Waals surface area contributed by atoms with Gasteiger partial charge in [0, 0.05) is 17.5 Å². The van der Waals surface area contributed by atoms with E-state index in [0.717, 1.165) is 23.1 Å². The highest BCUT2D eigenvalue weighted by atomic mass is 32.2. The quantitative estimate of drug-likeness (QED) is 0.0928. The fourth-order valence-corrected chi connectivity index (χ4v) is 6.40. The van der Waals surface area contributed by atoms with Gasteiger partial charge in [0.05, 0.1) is 16.7 Å². The van der Waals surface area contributed by atoms with Gasteiger partial charge in [0.25, 0.3) is 11.6 Å². The number of thiazole rings is 1. The largest absolute Gasteiger partial charge is 0.479 e. The molecule has 0 spiro atoms. The van der Waals surface area contributed by atoms with Crippen molar-refractivity contribution in [2.45, 2.75) is 35.6 Å². The van der Waals surface area contributed by atoms with E-state index in [-0.39, 0.29) is 35.3 Å². The summed E-state index contributed by atoms with van der Waals surface area (Å²) in [6, 6.07) is 4.43. The molecule has 3 heterocycles.